The average Bonchev–Trinajstić information content (AvgIpc) is 3.11. The number of hydrogen-bond donors (Lipinski definition) is 2. The smallest absolute Gasteiger partial charge is 0.254 e. The van der Waals surface area contributed by atoms with Crippen LogP contribution in [0.3, 0.4) is 0 Å². The second-order valence-corrected chi connectivity index (χ2v) is 5.21. The third kappa shape index (κ3) is 3.81. The number of carbonyl (C=O) groups is 2. The summed E-state index contributed by atoms with van der Waals surface area (Å²) < 4.78 is 6.36. The van der Waals surface area contributed by atoms with Gasteiger partial charge in [0.25, 0.3) is 5.56 Å². The first-order valence-corrected chi connectivity index (χ1v) is 7.33. The molecule has 0 saturated heterocycles. The molecule has 2 aromatic heterocycles. The number of benzene rings is 1. The maximum absolute atomic E-state index is 12.1. The van der Waals surface area contributed by atoms with E-state index >= 15 is 0 Å². The topological polar surface area (TPSA) is 120 Å². The average molecular weight is 338 g/mol. The summed E-state index contributed by atoms with van der Waals surface area (Å²) in [6.45, 7) is -0.193. The van der Waals surface area contributed by atoms with Gasteiger partial charge in [0.05, 0.1) is 12.6 Å². The van der Waals surface area contributed by atoms with Crippen LogP contribution in [0.4, 0.5) is 5.69 Å². The highest BCUT2D eigenvalue weighted by atomic mass is 16.3. The van der Waals surface area contributed by atoms with Crippen molar-refractivity contribution in [2.75, 3.05) is 5.32 Å². The minimum Gasteiger partial charge on any atom is -0.463 e. The first kappa shape index (κ1) is 16.2. The fraction of sp³-hybridized carbons (Fsp3) is 0.0588. The van der Waals surface area contributed by atoms with Gasteiger partial charge >= 0.3 is 0 Å². The monoisotopic (exact) mass is 338 g/mol. The summed E-state index contributed by atoms with van der Waals surface area (Å²) in [7, 11) is 0. The van der Waals surface area contributed by atoms with Crippen molar-refractivity contribution >= 4 is 17.5 Å². The van der Waals surface area contributed by atoms with Crippen LogP contribution in [0.2, 0.25) is 0 Å². The van der Waals surface area contributed by atoms with Crippen LogP contribution >= 0.6 is 0 Å². The molecule has 0 bridgehead atoms. The molecule has 25 heavy (non-hydrogen) atoms. The highest BCUT2D eigenvalue weighted by Gasteiger charge is 2.09. The summed E-state index contributed by atoms with van der Waals surface area (Å²) in [6, 6.07) is 10.8. The van der Waals surface area contributed by atoms with Gasteiger partial charge in [-0.1, -0.05) is 0 Å². The van der Waals surface area contributed by atoms with Crippen molar-refractivity contribution in [2.24, 2.45) is 5.73 Å². The van der Waals surface area contributed by atoms with Crippen LogP contribution in [0.25, 0.3) is 11.5 Å². The zero-order valence-electron chi connectivity index (χ0n) is 13.0. The summed E-state index contributed by atoms with van der Waals surface area (Å²) in [5.41, 5.74) is 6.00. The number of nitrogens with zero attached hydrogens (tertiary/aromatic N) is 2. The Morgan fingerprint density at radius 3 is 2.56 bits per heavy atom. The van der Waals surface area contributed by atoms with Gasteiger partial charge < -0.3 is 15.5 Å². The molecule has 8 heteroatoms. The van der Waals surface area contributed by atoms with Gasteiger partial charge in [-0.15, -0.1) is 0 Å². The number of furan rings is 1. The summed E-state index contributed by atoms with van der Waals surface area (Å²) in [5.74, 6) is -0.475. The normalized spacial score (nSPS) is 10.4. The molecule has 0 radical (unpaired) electrons. The van der Waals surface area contributed by atoms with Gasteiger partial charge in [-0.2, -0.15) is 0 Å². The van der Waals surface area contributed by atoms with Gasteiger partial charge in [-0.05, 0) is 36.4 Å². The van der Waals surface area contributed by atoms with Crippen LogP contribution in [0, 0.1) is 0 Å². The van der Waals surface area contributed by atoms with Crippen LogP contribution in [0.5, 0.6) is 0 Å². The number of aromatic nitrogens is 2. The predicted octanol–water partition coefficient (Wildman–Crippen LogP) is 1.24. The van der Waals surface area contributed by atoms with Crippen molar-refractivity contribution in [1.82, 2.24) is 9.55 Å². The minimum absolute atomic E-state index is 0.193. The number of nitrogens with two attached hydrogens (primary N) is 1. The van der Waals surface area contributed by atoms with E-state index < -0.39 is 11.8 Å². The minimum atomic E-state index is -0.549. The Balaban J connectivity index is 1.68. The molecule has 8 nitrogen and oxygen atoms in total. The van der Waals surface area contributed by atoms with Crippen LogP contribution in [0.15, 0.2) is 64.3 Å². The van der Waals surface area contributed by atoms with E-state index in [9.17, 15) is 14.4 Å². The molecular weight excluding hydrogens is 324 g/mol. The number of primary amides is 1. The number of hydrogen-bond acceptors (Lipinski definition) is 5. The third-order valence-corrected chi connectivity index (χ3v) is 3.42. The predicted molar refractivity (Wildman–Crippen MR) is 89.8 cm³/mol. The van der Waals surface area contributed by atoms with Gasteiger partial charge in [-0.3, -0.25) is 19.0 Å². The molecule has 0 aliphatic carbocycles. The SMILES string of the molecule is NC(=O)c1ccc(NC(=O)Cn2cnc(-c3ccco3)cc2=O)cc1. The Kier molecular flexibility index (Phi) is 4.42. The number of rotatable bonds is 5. The van der Waals surface area contributed by atoms with E-state index in [1.54, 1.807) is 24.3 Å². The molecule has 2 heterocycles. The molecule has 0 fully saturated rings. The first-order chi connectivity index (χ1) is 12.0. The summed E-state index contributed by atoms with van der Waals surface area (Å²) in [4.78, 5) is 39.3. The van der Waals surface area contributed by atoms with E-state index in [1.807, 2.05) is 0 Å². The second-order valence-electron chi connectivity index (χ2n) is 5.21. The molecule has 0 aliphatic rings. The third-order valence-electron chi connectivity index (χ3n) is 3.42. The highest BCUT2D eigenvalue weighted by Crippen LogP contribution is 2.14. The number of carbonyl (C=O) groups excluding carboxylic acids is 2. The van der Waals surface area contributed by atoms with Crippen molar-refractivity contribution in [1.29, 1.82) is 0 Å². The van der Waals surface area contributed by atoms with E-state index in [1.165, 1.54) is 35.4 Å². The standard InChI is InChI=1S/C17H14N4O4/c18-17(24)11-3-5-12(6-4-11)20-15(22)9-21-10-19-13(8-16(21)23)14-2-1-7-25-14/h1-8,10H,9H2,(H2,18,24)(H,20,22). The van der Waals surface area contributed by atoms with Gasteiger partial charge in [-0.25, -0.2) is 4.98 Å². The Hall–Kier alpha value is -3.68. The van der Waals surface area contributed by atoms with Crippen LogP contribution in [-0.4, -0.2) is 21.4 Å². The van der Waals surface area contributed by atoms with Crippen LogP contribution in [-0.2, 0) is 11.3 Å². The molecule has 2 amide bonds. The molecule has 3 aromatic rings. The molecule has 126 valence electrons. The molecule has 0 unspecified atom stereocenters. The molecule has 3 N–H and O–H groups in total. The lowest BCUT2D eigenvalue weighted by Gasteiger charge is -2.08. The molecule has 0 saturated carbocycles. The lowest BCUT2D eigenvalue weighted by atomic mass is 10.2. The van der Waals surface area contributed by atoms with Crippen molar-refractivity contribution in [3.63, 3.8) is 0 Å². The van der Waals surface area contributed by atoms with Gasteiger partial charge in [0.15, 0.2) is 5.76 Å². The summed E-state index contributed by atoms with van der Waals surface area (Å²) in [6.07, 6.45) is 2.77. The van der Waals surface area contributed by atoms with Crippen LogP contribution < -0.4 is 16.6 Å². The molecular formula is C17H14N4O4. The number of amides is 2. The van der Waals surface area contributed by atoms with E-state index in [0.717, 1.165) is 0 Å². The molecule has 0 aliphatic heterocycles. The maximum Gasteiger partial charge on any atom is 0.254 e. The van der Waals surface area contributed by atoms with Gasteiger partial charge in [0.2, 0.25) is 11.8 Å². The summed E-state index contributed by atoms with van der Waals surface area (Å²) >= 11 is 0. The van der Waals surface area contributed by atoms with Gasteiger partial charge in [0.1, 0.15) is 12.2 Å². The van der Waals surface area contributed by atoms with Gasteiger partial charge in [0, 0.05) is 17.3 Å². The quantitative estimate of drug-likeness (QED) is 0.725. The second kappa shape index (κ2) is 6.83. The molecule has 1 aromatic carbocycles. The first-order valence-electron chi connectivity index (χ1n) is 7.33. The van der Waals surface area contributed by atoms with Crippen LogP contribution in [0.1, 0.15) is 10.4 Å². The Morgan fingerprint density at radius 2 is 1.96 bits per heavy atom. The number of anilines is 1. The fourth-order valence-corrected chi connectivity index (χ4v) is 2.18. The van der Waals surface area contributed by atoms with Crippen molar-refractivity contribution < 1.29 is 14.0 Å². The van der Waals surface area contributed by atoms with E-state index in [2.05, 4.69) is 10.3 Å². The molecule has 0 atom stereocenters. The Bertz CT molecular complexity index is 959. The molecule has 0 spiro atoms. The zero-order chi connectivity index (χ0) is 17.8. The maximum atomic E-state index is 12.1. The zero-order valence-corrected chi connectivity index (χ0v) is 13.0. The highest BCUT2D eigenvalue weighted by molar-refractivity contribution is 5.94. The lowest BCUT2D eigenvalue weighted by molar-refractivity contribution is -0.116. The van der Waals surface area contributed by atoms with Crippen molar-refractivity contribution in [3.8, 4) is 11.5 Å². The largest absolute Gasteiger partial charge is 0.463 e. The van der Waals surface area contributed by atoms with E-state index in [-0.39, 0.29) is 12.1 Å². The Morgan fingerprint density at radius 1 is 1.20 bits per heavy atom. The summed E-state index contributed by atoms with van der Waals surface area (Å²) in [5, 5.41) is 2.63. The molecule has 3 rings (SSSR count). The lowest BCUT2D eigenvalue weighted by Crippen LogP contribution is -2.27. The van der Waals surface area contributed by atoms with Crippen molar-refractivity contribution in [3.05, 3.63) is 71.0 Å². The van der Waals surface area contributed by atoms with Crippen molar-refractivity contribution in [2.45, 2.75) is 6.54 Å². The van der Waals surface area contributed by atoms with E-state index in [4.69, 9.17) is 10.2 Å². The number of nitrogens with one attached hydrogen (secondary N) is 1. The van der Waals surface area contributed by atoms with E-state index in [0.29, 0.717) is 22.7 Å². The fourth-order valence-electron chi connectivity index (χ4n) is 2.18. The Labute approximate surface area is 141 Å².